The van der Waals surface area contributed by atoms with Gasteiger partial charge in [-0.2, -0.15) is 4.31 Å². The van der Waals surface area contributed by atoms with Gasteiger partial charge in [0.2, 0.25) is 11.8 Å². The number of aliphatic carboxylic acids is 2. The Morgan fingerprint density at radius 1 is 0.922 bits per heavy atom. The SMILES string of the molecule is CC(C)(COP(=O)(O)OP(=O)(O)OC[C@H]1O[C@@H](n2cnc3c(N)ncnc32)[C@@H](O)[C@H]1OP(=O)(O)O)C(O)C(=O)NCCC(=O)NCCSC(=O)CC/C=C\C/C=C\C=CC=C[C@@H](SC[C@@H](N)C(=O)O)[C@@H](O)CCCC(=O)O. The molecule has 10 atom stereocenters. The number of fused-ring (bicyclic) bond motifs is 1. The highest BCUT2D eigenvalue weighted by molar-refractivity contribution is 8.13. The van der Waals surface area contributed by atoms with E-state index in [4.69, 9.17) is 35.5 Å². The summed E-state index contributed by atoms with van der Waals surface area (Å²) in [5, 5.41) is 54.3. The van der Waals surface area contributed by atoms with Crippen LogP contribution in [0.2, 0.25) is 0 Å². The predicted octanol–water partition coefficient (Wildman–Crippen LogP) is 1.19. The molecule has 2 aromatic rings. The molecule has 0 bridgehead atoms. The maximum Gasteiger partial charge on any atom is 0.481 e. The number of aliphatic hydroxyl groups excluding tert-OH is 3. The molecule has 2 amide bonds. The lowest BCUT2D eigenvalue weighted by Gasteiger charge is -2.30. The number of ether oxygens (including phenoxy) is 1. The Morgan fingerprint density at radius 3 is 2.31 bits per heavy atom. The van der Waals surface area contributed by atoms with E-state index in [9.17, 15) is 72.6 Å². The summed E-state index contributed by atoms with van der Waals surface area (Å²) < 4.78 is 62.4. The number of hydrogen-bond acceptors (Lipinski definition) is 23. The van der Waals surface area contributed by atoms with Gasteiger partial charge in [-0.1, -0.05) is 74.2 Å². The molecule has 0 spiro atoms. The van der Waals surface area contributed by atoms with E-state index >= 15 is 0 Å². The summed E-state index contributed by atoms with van der Waals surface area (Å²) in [7, 11) is -16.5. The molecule has 3 rings (SSSR count). The highest BCUT2D eigenvalue weighted by atomic mass is 32.2. The van der Waals surface area contributed by atoms with E-state index in [0.717, 1.165) is 29.0 Å². The number of nitrogens with one attached hydrogen (secondary N) is 2. The van der Waals surface area contributed by atoms with Gasteiger partial charge < -0.3 is 71.9 Å². The van der Waals surface area contributed by atoms with Crippen molar-refractivity contribution in [1.29, 1.82) is 0 Å². The van der Waals surface area contributed by atoms with E-state index in [-0.39, 0.29) is 78.8 Å². The van der Waals surface area contributed by atoms with Crippen molar-refractivity contribution in [3.8, 4) is 0 Å². The van der Waals surface area contributed by atoms with E-state index in [0.29, 0.717) is 12.8 Å². The first kappa shape index (κ1) is 67.0. The lowest BCUT2D eigenvalue weighted by molar-refractivity contribution is -0.138. The number of hydrogen-bond donors (Lipinski definition) is 13. The molecule has 30 nitrogen and oxygen atoms in total. The van der Waals surface area contributed by atoms with E-state index in [1.807, 2.05) is 18.2 Å². The fourth-order valence-electron chi connectivity index (χ4n) is 6.53. The number of imidazole rings is 1. The van der Waals surface area contributed by atoms with Crippen molar-refractivity contribution in [3.05, 3.63) is 61.3 Å². The summed E-state index contributed by atoms with van der Waals surface area (Å²) in [5.74, 6) is -3.36. The molecule has 1 aliphatic heterocycles. The number of carbonyl (C=O) groups is 5. The van der Waals surface area contributed by atoms with E-state index < -0.39 is 114 Å². The number of anilines is 1. The van der Waals surface area contributed by atoms with Crippen LogP contribution in [-0.2, 0) is 60.3 Å². The number of rotatable bonds is 36. The highest BCUT2D eigenvalue weighted by Crippen LogP contribution is 2.61. The maximum atomic E-state index is 12.8. The van der Waals surface area contributed by atoms with Crippen molar-refractivity contribution in [2.75, 3.05) is 43.5 Å². The Labute approximate surface area is 449 Å². The highest BCUT2D eigenvalue weighted by Gasteiger charge is 2.50. The quantitative estimate of drug-likeness (QED) is 0.0197. The van der Waals surface area contributed by atoms with Gasteiger partial charge in [0.05, 0.1) is 25.6 Å². The number of nitrogens with zero attached hydrogens (tertiary/aromatic N) is 4. The third-order valence-corrected chi connectivity index (χ3v) is 16.0. The van der Waals surface area contributed by atoms with Crippen molar-refractivity contribution >= 4 is 92.8 Å². The normalized spacial score (nSPS) is 20.6. The number of nitrogen functional groups attached to an aromatic ring is 1. The van der Waals surface area contributed by atoms with Gasteiger partial charge in [0.15, 0.2) is 22.8 Å². The number of phosphoric ester groups is 3. The molecule has 0 aromatic carbocycles. The van der Waals surface area contributed by atoms with Crippen LogP contribution in [-0.4, -0.2) is 173 Å². The fourth-order valence-corrected chi connectivity index (χ4v) is 11.2. The Morgan fingerprint density at radius 2 is 1.62 bits per heavy atom. The summed E-state index contributed by atoms with van der Waals surface area (Å²) in [6.45, 7) is 0.285. The topological polar surface area (TPSA) is 484 Å². The number of nitrogens with two attached hydrogens (primary N) is 2. The van der Waals surface area contributed by atoms with Gasteiger partial charge >= 0.3 is 35.4 Å². The number of aliphatic hydroxyl groups is 3. The maximum absolute atomic E-state index is 12.8. The molecule has 2 aromatic heterocycles. The largest absolute Gasteiger partial charge is 0.481 e. The van der Waals surface area contributed by atoms with Crippen LogP contribution in [0.3, 0.4) is 0 Å². The average Bonchev–Trinajstić information content (AvgIpc) is 3.90. The van der Waals surface area contributed by atoms with Crippen molar-refractivity contribution in [3.63, 3.8) is 0 Å². The van der Waals surface area contributed by atoms with Gasteiger partial charge in [0, 0.05) is 54.5 Å². The number of amides is 2. The Kier molecular flexibility index (Phi) is 27.9. The third kappa shape index (κ3) is 24.7. The average molecular weight is 1190 g/mol. The molecule has 77 heavy (non-hydrogen) atoms. The van der Waals surface area contributed by atoms with Crippen LogP contribution in [0.25, 0.3) is 11.2 Å². The first-order valence-electron chi connectivity index (χ1n) is 23.2. The van der Waals surface area contributed by atoms with Crippen molar-refractivity contribution < 1.29 is 105 Å². The molecule has 1 saturated heterocycles. The van der Waals surface area contributed by atoms with Crippen LogP contribution in [0.5, 0.6) is 0 Å². The molecule has 0 radical (unpaired) electrons. The Balaban J connectivity index is 1.32. The molecule has 432 valence electrons. The number of carboxylic acid groups (broad SMARTS) is 2. The van der Waals surface area contributed by atoms with Crippen molar-refractivity contribution in [1.82, 2.24) is 30.2 Å². The van der Waals surface area contributed by atoms with Gasteiger partial charge in [0.25, 0.3) is 0 Å². The van der Waals surface area contributed by atoms with Gasteiger partial charge in [0.1, 0.15) is 42.3 Å². The summed E-state index contributed by atoms with van der Waals surface area (Å²) in [5.41, 5.74) is 9.78. The van der Waals surface area contributed by atoms with Crippen LogP contribution >= 0.6 is 47.0 Å². The Bertz CT molecular complexity index is 2570. The predicted molar refractivity (Wildman–Crippen MR) is 277 cm³/mol. The second-order valence-electron chi connectivity index (χ2n) is 17.3. The zero-order valence-corrected chi connectivity index (χ0v) is 45.8. The standard InChI is InChI=1S/C42H65N8O22P3S2/c1-42(2,23-69-75(66,67)72-74(64,65)68-21-28-35(71-73(61,62)63)34(56)40(70-28)50-25-49-33-37(44)47-24-48-38(33)50)36(57)39(58)46-18-17-30(52)45-19-20-76-32(55)16-11-9-7-5-3-4-6-8-10-14-29(77-22-26(43)41(59)60)27(51)13-12-15-31(53)54/h3-4,6-10,14,24-29,34-36,40,51,56-57H,5,11-13,15-23,43H2,1-2H3,(H,45,52)(H,46,58)(H,53,54)(H,59,60)(H,64,65)(H,66,67)(H2,44,47,48)(H2,61,62,63)/b4-3-,8-6?,9-7-,14-10?/t26-,27+,28-,29-,34+,35+,36?,40-/m1/s1. The van der Waals surface area contributed by atoms with Crippen molar-refractivity contribution in [2.24, 2.45) is 11.1 Å². The zero-order valence-electron chi connectivity index (χ0n) is 41.5. The monoisotopic (exact) mass is 1190 g/mol. The minimum absolute atomic E-state index is 0.0148. The van der Waals surface area contributed by atoms with Crippen LogP contribution in [0.4, 0.5) is 5.82 Å². The first-order chi connectivity index (χ1) is 36.0. The molecule has 0 aliphatic carbocycles. The number of thioether (sulfide) groups is 2. The molecule has 0 saturated carbocycles. The smallest absolute Gasteiger partial charge is 0.481 e. The molecule has 15 N–H and O–H groups in total. The number of phosphoric acid groups is 3. The third-order valence-electron chi connectivity index (χ3n) is 10.5. The lowest BCUT2D eigenvalue weighted by Crippen LogP contribution is -2.46. The molecule has 35 heteroatoms. The summed E-state index contributed by atoms with van der Waals surface area (Å²) in [6, 6.07) is -1.11. The molecule has 1 fully saturated rings. The molecular weight excluding hydrogens is 1130 g/mol. The second kappa shape index (κ2) is 32.1. The minimum atomic E-state index is -5.61. The van der Waals surface area contributed by atoms with Crippen LogP contribution in [0.15, 0.2) is 61.3 Å². The molecule has 3 unspecified atom stereocenters. The number of carboxylic acids is 2. The summed E-state index contributed by atoms with van der Waals surface area (Å²) in [6.07, 6.45) is 7.95. The number of carbonyl (C=O) groups excluding carboxylic acids is 3. The minimum Gasteiger partial charge on any atom is -0.481 e. The fraction of sp³-hybridized carbons (Fsp3) is 0.571. The van der Waals surface area contributed by atoms with Crippen LogP contribution in [0.1, 0.15) is 65.0 Å². The summed E-state index contributed by atoms with van der Waals surface area (Å²) in [4.78, 5) is 110. The van der Waals surface area contributed by atoms with Gasteiger partial charge in [-0.25, -0.2) is 28.6 Å². The van der Waals surface area contributed by atoms with E-state index in [1.165, 1.54) is 25.6 Å². The van der Waals surface area contributed by atoms with Gasteiger partial charge in [-0.15, -0.1) is 11.8 Å². The van der Waals surface area contributed by atoms with Crippen molar-refractivity contribution in [2.45, 2.75) is 107 Å². The Hall–Kier alpha value is -4.27. The number of aromatic nitrogens is 4. The molecule has 1 aliphatic rings. The summed E-state index contributed by atoms with van der Waals surface area (Å²) >= 11 is 2.19. The first-order valence-corrected chi connectivity index (χ1v) is 29.8. The zero-order chi connectivity index (χ0) is 57.6. The number of allylic oxidation sites excluding steroid dienone is 7. The van der Waals surface area contributed by atoms with Gasteiger partial charge in [-0.05, 0) is 25.7 Å². The van der Waals surface area contributed by atoms with Crippen LogP contribution < -0.4 is 22.1 Å². The van der Waals surface area contributed by atoms with E-state index in [1.54, 1.807) is 30.4 Å². The van der Waals surface area contributed by atoms with E-state index in [2.05, 4.69) is 34.4 Å². The molecule has 3 heterocycles. The lowest BCUT2D eigenvalue weighted by atomic mass is 9.87. The van der Waals surface area contributed by atoms with Gasteiger partial charge in [-0.3, -0.25) is 42.1 Å². The second-order valence-corrected chi connectivity index (χ2v) is 23.9. The molecular formula is C42H65N8O22P3S2. The van der Waals surface area contributed by atoms with Crippen LogP contribution in [0, 0.1) is 5.41 Å².